The van der Waals surface area contributed by atoms with Crippen molar-refractivity contribution in [2.75, 3.05) is 19.8 Å². The minimum Gasteiger partial charge on any atom is -0.381 e. The van der Waals surface area contributed by atoms with Gasteiger partial charge in [0.15, 0.2) is 11.5 Å². The minimum absolute atomic E-state index is 0.00733. The second-order valence-corrected chi connectivity index (χ2v) is 6.32. The van der Waals surface area contributed by atoms with Crippen LogP contribution in [0.1, 0.15) is 25.1 Å². The summed E-state index contributed by atoms with van der Waals surface area (Å²) in [6, 6.07) is 6.13. The number of urea groups is 1. The van der Waals surface area contributed by atoms with Crippen LogP contribution in [0.25, 0.3) is 5.65 Å². The van der Waals surface area contributed by atoms with Crippen LogP contribution >= 0.6 is 0 Å². The van der Waals surface area contributed by atoms with Crippen molar-refractivity contribution in [2.24, 2.45) is 5.92 Å². The van der Waals surface area contributed by atoms with Gasteiger partial charge in [-0.2, -0.15) is 0 Å². The van der Waals surface area contributed by atoms with Crippen LogP contribution in [-0.4, -0.2) is 51.3 Å². The first kappa shape index (κ1) is 14.4. The van der Waals surface area contributed by atoms with Crippen LogP contribution in [0.3, 0.4) is 0 Å². The molecule has 1 saturated carbocycles. The normalized spacial score (nSPS) is 20.8. The molecule has 1 unspecified atom stereocenters. The van der Waals surface area contributed by atoms with E-state index < -0.39 is 0 Å². The van der Waals surface area contributed by atoms with E-state index in [1.807, 2.05) is 33.7 Å². The van der Waals surface area contributed by atoms with E-state index in [-0.39, 0.29) is 6.03 Å². The van der Waals surface area contributed by atoms with Crippen LogP contribution in [0.5, 0.6) is 0 Å². The molecule has 7 heteroatoms. The summed E-state index contributed by atoms with van der Waals surface area (Å²) in [4.78, 5) is 14.5. The topological polar surface area (TPSA) is 71.8 Å². The molecule has 7 nitrogen and oxygen atoms in total. The zero-order valence-corrected chi connectivity index (χ0v) is 13.0. The number of amides is 2. The van der Waals surface area contributed by atoms with Gasteiger partial charge in [0.05, 0.1) is 13.2 Å². The van der Waals surface area contributed by atoms with E-state index in [0.717, 1.165) is 50.5 Å². The van der Waals surface area contributed by atoms with Crippen molar-refractivity contribution in [1.82, 2.24) is 24.8 Å². The van der Waals surface area contributed by atoms with Gasteiger partial charge in [0.25, 0.3) is 0 Å². The van der Waals surface area contributed by atoms with Crippen molar-refractivity contribution in [3.8, 4) is 0 Å². The average Bonchev–Trinajstić information content (AvgIpc) is 3.12. The molecule has 1 aliphatic carbocycles. The summed E-state index contributed by atoms with van der Waals surface area (Å²) in [5, 5.41) is 11.2. The highest BCUT2D eigenvalue weighted by molar-refractivity contribution is 5.74. The number of aromatic nitrogens is 3. The van der Waals surface area contributed by atoms with Crippen LogP contribution in [0.15, 0.2) is 24.4 Å². The third-order valence-electron chi connectivity index (χ3n) is 4.51. The molecular weight excluding hydrogens is 294 g/mol. The van der Waals surface area contributed by atoms with Crippen LogP contribution in [0.4, 0.5) is 4.79 Å². The number of nitrogens with zero attached hydrogens (tertiary/aromatic N) is 4. The number of ether oxygens (including phenoxy) is 1. The van der Waals surface area contributed by atoms with Crippen molar-refractivity contribution in [2.45, 2.75) is 31.8 Å². The Morgan fingerprint density at radius 1 is 1.35 bits per heavy atom. The number of hydrogen-bond acceptors (Lipinski definition) is 4. The lowest BCUT2D eigenvalue weighted by molar-refractivity contribution is 0.162. The first-order valence-corrected chi connectivity index (χ1v) is 8.22. The number of carbonyl (C=O) groups is 1. The highest BCUT2D eigenvalue weighted by atomic mass is 16.5. The smallest absolute Gasteiger partial charge is 0.318 e. The number of rotatable bonds is 5. The van der Waals surface area contributed by atoms with E-state index in [9.17, 15) is 4.79 Å². The number of hydrogen-bond donors (Lipinski definition) is 1. The van der Waals surface area contributed by atoms with Gasteiger partial charge in [-0.25, -0.2) is 4.79 Å². The van der Waals surface area contributed by atoms with E-state index in [4.69, 9.17) is 4.74 Å². The first-order valence-electron chi connectivity index (χ1n) is 8.22. The summed E-state index contributed by atoms with van der Waals surface area (Å²) in [6.07, 6.45) is 5.17. The molecule has 1 N–H and O–H groups in total. The molecule has 1 saturated heterocycles. The fraction of sp³-hybridized carbons (Fsp3) is 0.562. The zero-order chi connectivity index (χ0) is 15.6. The van der Waals surface area contributed by atoms with Gasteiger partial charge in [-0.1, -0.05) is 6.07 Å². The molecule has 0 spiro atoms. The summed E-state index contributed by atoms with van der Waals surface area (Å²) >= 11 is 0. The van der Waals surface area contributed by atoms with Gasteiger partial charge in [0, 0.05) is 31.3 Å². The maximum Gasteiger partial charge on any atom is 0.318 e. The van der Waals surface area contributed by atoms with Crippen molar-refractivity contribution in [3.63, 3.8) is 0 Å². The number of carbonyl (C=O) groups excluding carboxylic acids is 1. The Morgan fingerprint density at radius 2 is 2.26 bits per heavy atom. The van der Waals surface area contributed by atoms with Gasteiger partial charge in [-0.05, 0) is 31.4 Å². The number of pyridine rings is 1. The Kier molecular flexibility index (Phi) is 3.87. The van der Waals surface area contributed by atoms with Crippen LogP contribution in [0.2, 0.25) is 0 Å². The Morgan fingerprint density at radius 3 is 3.04 bits per heavy atom. The molecule has 2 aromatic rings. The largest absolute Gasteiger partial charge is 0.381 e. The van der Waals surface area contributed by atoms with E-state index in [0.29, 0.717) is 18.5 Å². The highest BCUT2D eigenvalue weighted by Crippen LogP contribution is 2.29. The van der Waals surface area contributed by atoms with Gasteiger partial charge in [-0.3, -0.25) is 4.40 Å². The van der Waals surface area contributed by atoms with Gasteiger partial charge in [0.2, 0.25) is 0 Å². The van der Waals surface area contributed by atoms with E-state index >= 15 is 0 Å². The summed E-state index contributed by atoms with van der Waals surface area (Å²) in [7, 11) is 0. The molecule has 2 aliphatic rings. The van der Waals surface area contributed by atoms with E-state index in [1.54, 1.807) is 0 Å². The van der Waals surface area contributed by atoms with Gasteiger partial charge in [0.1, 0.15) is 0 Å². The Bertz CT molecular complexity index is 691. The number of fused-ring (bicyclic) bond motifs is 1. The molecule has 0 bridgehead atoms. The molecule has 0 radical (unpaired) electrons. The number of nitrogens with one attached hydrogen (secondary N) is 1. The minimum atomic E-state index is -0.00733. The van der Waals surface area contributed by atoms with Crippen LogP contribution < -0.4 is 5.32 Å². The lowest BCUT2D eigenvalue weighted by atomic mass is 10.1. The Hall–Kier alpha value is -2.15. The Balaban J connectivity index is 1.39. The van der Waals surface area contributed by atoms with Crippen molar-refractivity contribution in [3.05, 3.63) is 30.2 Å². The quantitative estimate of drug-likeness (QED) is 0.906. The van der Waals surface area contributed by atoms with Gasteiger partial charge >= 0.3 is 6.03 Å². The summed E-state index contributed by atoms with van der Waals surface area (Å²) in [5.74, 6) is 1.21. The molecule has 3 heterocycles. The molecule has 23 heavy (non-hydrogen) atoms. The van der Waals surface area contributed by atoms with Crippen LogP contribution in [-0.2, 0) is 11.3 Å². The average molecular weight is 315 g/mol. The SMILES string of the molecule is O=C(NCc1nnc2ccccn12)N(CC1CCOC1)C1CC1. The van der Waals surface area contributed by atoms with Crippen molar-refractivity contribution >= 4 is 11.7 Å². The Labute approximate surface area is 134 Å². The second kappa shape index (κ2) is 6.16. The van der Waals surface area contributed by atoms with E-state index in [2.05, 4.69) is 15.5 Å². The molecule has 1 atom stereocenters. The molecule has 1 aliphatic heterocycles. The lowest BCUT2D eigenvalue weighted by Crippen LogP contribution is -2.44. The molecular formula is C16H21N5O2. The molecule has 122 valence electrons. The fourth-order valence-corrected chi connectivity index (χ4v) is 3.06. The van der Waals surface area contributed by atoms with Gasteiger partial charge in [-0.15, -0.1) is 10.2 Å². The second-order valence-electron chi connectivity index (χ2n) is 6.32. The third kappa shape index (κ3) is 3.14. The fourth-order valence-electron chi connectivity index (χ4n) is 3.06. The molecule has 0 aromatic carbocycles. The maximum absolute atomic E-state index is 12.6. The predicted molar refractivity (Wildman–Crippen MR) is 83.9 cm³/mol. The molecule has 2 amide bonds. The molecule has 2 aromatic heterocycles. The highest BCUT2D eigenvalue weighted by Gasteiger charge is 2.34. The van der Waals surface area contributed by atoms with Crippen molar-refractivity contribution in [1.29, 1.82) is 0 Å². The first-order chi connectivity index (χ1) is 11.3. The maximum atomic E-state index is 12.6. The van der Waals surface area contributed by atoms with Crippen LogP contribution in [0, 0.1) is 5.92 Å². The lowest BCUT2D eigenvalue weighted by Gasteiger charge is -2.25. The summed E-state index contributed by atoms with van der Waals surface area (Å²) in [5.41, 5.74) is 0.791. The monoisotopic (exact) mass is 315 g/mol. The molecule has 4 rings (SSSR count). The standard InChI is InChI=1S/C16H21N5O2/c22-16(21(13-4-5-13)10-12-6-8-23-11-12)17-9-15-19-18-14-3-1-2-7-20(14)15/h1-3,7,12-13H,4-6,8-11H2,(H,17,22). The summed E-state index contributed by atoms with van der Waals surface area (Å²) < 4.78 is 7.32. The predicted octanol–water partition coefficient (Wildman–Crippen LogP) is 1.44. The van der Waals surface area contributed by atoms with Gasteiger partial charge < -0.3 is 15.0 Å². The zero-order valence-electron chi connectivity index (χ0n) is 13.0. The summed E-state index contributed by atoms with van der Waals surface area (Å²) in [6.45, 7) is 2.76. The third-order valence-corrected chi connectivity index (χ3v) is 4.51. The molecule has 2 fully saturated rings. The van der Waals surface area contributed by atoms with Crippen molar-refractivity contribution < 1.29 is 9.53 Å². The van der Waals surface area contributed by atoms with E-state index in [1.165, 1.54) is 0 Å².